The van der Waals surface area contributed by atoms with Gasteiger partial charge in [0.05, 0.1) is 12.1 Å². The van der Waals surface area contributed by atoms with Crippen LogP contribution >= 0.6 is 27.3 Å². The fourth-order valence-electron chi connectivity index (χ4n) is 3.22. The van der Waals surface area contributed by atoms with Gasteiger partial charge in [-0.3, -0.25) is 4.79 Å². The molecule has 0 saturated carbocycles. The number of tetrazole rings is 1. The lowest BCUT2D eigenvalue weighted by molar-refractivity contribution is -0.116. The van der Waals surface area contributed by atoms with Crippen LogP contribution in [0.3, 0.4) is 0 Å². The van der Waals surface area contributed by atoms with Crippen LogP contribution in [0, 0.1) is 11.3 Å². The third-order valence-corrected chi connectivity index (χ3v) is 6.37. The summed E-state index contributed by atoms with van der Waals surface area (Å²) >= 11 is 4.92. The number of thiophene rings is 1. The lowest BCUT2D eigenvalue weighted by atomic mass is 9.96. The van der Waals surface area contributed by atoms with E-state index < -0.39 is 0 Å². The van der Waals surface area contributed by atoms with Gasteiger partial charge in [0.25, 0.3) is 0 Å². The number of halogens is 1. The fourth-order valence-corrected chi connectivity index (χ4v) is 4.74. The summed E-state index contributed by atoms with van der Waals surface area (Å²) in [5.74, 6) is 0.364. The van der Waals surface area contributed by atoms with Crippen LogP contribution in [0.15, 0.2) is 28.7 Å². The molecule has 9 heteroatoms. The van der Waals surface area contributed by atoms with Crippen molar-refractivity contribution >= 4 is 38.2 Å². The number of aryl methyl sites for hydroxylation is 2. The third-order valence-electron chi connectivity index (χ3n) is 4.63. The smallest absolute Gasteiger partial charge is 0.226 e. The molecule has 0 aliphatic heterocycles. The number of rotatable bonds is 5. The molecule has 142 valence electrons. The number of nitrogens with one attached hydrogen (secondary N) is 1. The highest BCUT2D eigenvalue weighted by Gasteiger charge is 2.21. The lowest BCUT2D eigenvalue weighted by Crippen LogP contribution is -2.15. The van der Waals surface area contributed by atoms with Crippen molar-refractivity contribution in [2.45, 2.75) is 38.6 Å². The van der Waals surface area contributed by atoms with E-state index in [1.165, 1.54) is 21.0 Å². The van der Waals surface area contributed by atoms with Gasteiger partial charge in [0.1, 0.15) is 11.1 Å². The van der Waals surface area contributed by atoms with E-state index in [-0.39, 0.29) is 12.3 Å². The topological polar surface area (TPSA) is 96.5 Å². The van der Waals surface area contributed by atoms with Crippen molar-refractivity contribution in [1.29, 1.82) is 5.26 Å². The van der Waals surface area contributed by atoms with Crippen LogP contribution in [0.25, 0.3) is 11.4 Å². The fraction of sp³-hybridized carbons (Fsp3) is 0.316. The van der Waals surface area contributed by atoms with E-state index in [0.29, 0.717) is 22.9 Å². The maximum absolute atomic E-state index is 12.4. The van der Waals surface area contributed by atoms with Crippen LogP contribution in [0.2, 0.25) is 0 Å². The second-order valence-corrected chi connectivity index (χ2v) is 8.56. The maximum atomic E-state index is 12.4. The molecule has 0 spiro atoms. The average molecular weight is 457 g/mol. The Morgan fingerprint density at radius 2 is 2.07 bits per heavy atom. The molecule has 1 N–H and O–H groups in total. The minimum atomic E-state index is -0.155. The third kappa shape index (κ3) is 3.98. The molecular weight excluding hydrogens is 440 g/mol. The average Bonchev–Trinajstić information content (AvgIpc) is 3.31. The molecular formula is C19H17BrN6OS. The van der Waals surface area contributed by atoms with E-state index in [0.717, 1.165) is 41.3 Å². The second kappa shape index (κ2) is 8.20. The summed E-state index contributed by atoms with van der Waals surface area (Å²) < 4.78 is 0.979. The van der Waals surface area contributed by atoms with Gasteiger partial charge >= 0.3 is 0 Å². The number of fused-ring (bicyclic) bond motifs is 1. The molecule has 0 saturated heterocycles. The van der Waals surface area contributed by atoms with Crippen molar-refractivity contribution in [3.8, 4) is 17.5 Å². The molecule has 2 aromatic heterocycles. The first kappa shape index (κ1) is 18.8. The Balaban J connectivity index is 1.38. The summed E-state index contributed by atoms with van der Waals surface area (Å²) in [7, 11) is 0. The summed E-state index contributed by atoms with van der Waals surface area (Å²) in [6, 6.07) is 9.89. The van der Waals surface area contributed by atoms with Gasteiger partial charge in [-0.25, -0.2) is 0 Å². The molecule has 7 nitrogen and oxygen atoms in total. The molecule has 0 bridgehead atoms. The van der Waals surface area contributed by atoms with Crippen molar-refractivity contribution in [3.05, 3.63) is 44.7 Å². The first-order valence-electron chi connectivity index (χ1n) is 9.02. The molecule has 28 heavy (non-hydrogen) atoms. The summed E-state index contributed by atoms with van der Waals surface area (Å²) in [4.78, 5) is 15.0. The van der Waals surface area contributed by atoms with Gasteiger partial charge < -0.3 is 5.32 Å². The maximum Gasteiger partial charge on any atom is 0.226 e. The Morgan fingerprint density at radius 1 is 1.29 bits per heavy atom. The Labute approximate surface area is 174 Å². The van der Waals surface area contributed by atoms with Crippen molar-refractivity contribution < 1.29 is 4.79 Å². The molecule has 1 aliphatic rings. The number of hydrogen-bond donors (Lipinski definition) is 1. The van der Waals surface area contributed by atoms with Crippen molar-refractivity contribution in [1.82, 2.24) is 20.2 Å². The highest BCUT2D eigenvalue weighted by Crippen LogP contribution is 2.37. The van der Waals surface area contributed by atoms with Gasteiger partial charge in [-0.2, -0.15) is 10.1 Å². The number of anilines is 1. The standard InChI is InChI=1S/C19H17BrN6OS/c20-13-7-5-12(6-8-13)18-23-25-26(24-18)10-9-17(27)22-19-15(11-21)14-3-1-2-4-16(14)28-19/h5-8H,1-4,9-10H2,(H,22,27). The van der Waals surface area contributed by atoms with Crippen molar-refractivity contribution in [2.75, 3.05) is 5.32 Å². The summed E-state index contributed by atoms with van der Waals surface area (Å²) in [6.45, 7) is 0.322. The monoisotopic (exact) mass is 456 g/mol. The predicted molar refractivity (Wildman–Crippen MR) is 110 cm³/mol. The van der Waals surface area contributed by atoms with Crippen LogP contribution in [0.4, 0.5) is 5.00 Å². The molecule has 4 rings (SSSR count). The Hall–Kier alpha value is -2.57. The van der Waals surface area contributed by atoms with E-state index in [9.17, 15) is 10.1 Å². The zero-order valence-electron chi connectivity index (χ0n) is 15.0. The minimum Gasteiger partial charge on any atom is -0.317 e. The van der Waals surface area contributed by atoms with Gasteiger partial charge in [0, 0.05) is 21.3 Å². The van der Waals surface area contributed by atoms with E-state index in [1.54, 1.807) is 0 Å². The number of benzene rings is 1. The number of nitrogens with zero attached hydrogens (tertiary/aromatic N) is 5. The van der Waals surface area contributed by atoms with Crippen molar-refractivity contribution in [2.24, 2.45) is 0 Å². The van der Waals surface area contributed by atoms with Crippen LogP contribution in [-0.2, 0) is 24.2 Å². The highest BCUT2D eigenvalue weighted by atomic mass is 79.9. The SMILES string of the molecule is N#Cc1c(NC(=O)CCn2nnc(-c3ccc(Br)cc3)n2)sc2c1CCCC2. The predicted octanol–water partition coefficient (Wildman–Crippen LogP) is 3.94. The number of carbonyl (C=O) groups is 1. The molecule has 1 amide bonds. The first-order valence-corrected chi connectivity index (χ1v) is 10.6. The van der Waals surface area contributed by atoms with Crippen LogP contribution in [-0.4, -0.2) is 26.1 Å². The second-order valence-electron chi connectivity index (χ2n) is 6.54. The molecule has 2 heterocycles. The molecule has 0 fully saturated rings. The van der Waals surface area contributed by atoms with Gasteiger partial charge in [0.2, 0.25) is 11.7 Å². The van der Waals surface area contributed by atoms with Gasteiger partial charge in [0.15, 0.2) is 0 Å². The number of nitriles is 1. The largest absolute Gasteiger partial charge is 0.317 e. The van der Waals surface area contributed by atoms with Crippen LogP contribution in [0.1, 0.15) is 35.3 Å². The highest BCUT2D eigenvalue weighted by molar-refractivity contribution is 9.10. The summed E-state index contributed by atoms with van der Waals surface area (Å²) in [5.41, 5.74) is 2.61. The molecule has 0 unspecified atom stereocenters. The quantitative estimate of drug-likeness (QED) is 0.626. The van der Waals surface area contributed by atoms with E-state index in [2.05, 4.69) is 42.7 Å². The van der Waals surface area contributed by atoms with Gasteiger partial charge in [-0.05, 0) is 60.7 Å². The number of carbonyl (C=O) groups excluding carboxylic acids is 1. The lowest BCUT2D eigenvalue weighted by Gasteiger charge is -2.09. The normalized spacial score (nSPS) is 13.0. The number of hydrogen-bond acceptors (Lipinski definition) is 6. The Morgan fingerprint density at radius 3 is 2.86 bits per heavy atom. The molecule has 1 aromatic carbocycles. The molecule has 1 aliphatic carbocycles. The first-order chi connectivity index (χ1) is 13.6. The minimum absolute atomic E-state index is 0.155. The van der Waals surface area contributed by atoms with Gasteiger partial charge in [-0.15, -0.1) is 21.5 Å². The zero-order valence-corrected chi connectivity index (χ0v) is 17.4. The summed E-state index contributed by atoms with van der Waals surface area (Å²) in [5, 5.41) is 25.4. The van der Waals surface area contributed by atoms with Crippen LogP contribution in [0.5, 0.6) is 0 Å². The molecule has 3 aromatic rings. The summed E-state index contributed by atoms with van der Waals surface area (Å²) in [6.07, 6.45) is 4.37. The van der Waals surface area contributed by atoms with E-state index in [4.69, 9.17) is 0 Å². The van der Waals surface area contributed by atoms with E-state index >= 15 is 0 Å². The van der Waals surface area contributed by atoms with Gasteiger partial charge in [-0.1, -0.05) is 15.9 Å². The van der Waals surface area contributed by atoms with Crippen LogP contribution < -0.4 is 5.32 Å². The Kier molecular flexibility index (Phi) is 5.50. The molecule has 0 atom stereocenters. The number of amides is 1. The zero-order chi connectivity index (χ0) is 19.5. The number of aromatic nitrogens is 4. The van der Waals surface area contributed by atoms with E-state index in [1.807, 2.05) is 24.3 Å². The Bertz CT molecular complexity index is 1050. The molecule has 0 radical (unpaired) electrons. The van der Waals surface area contributed by atoms with Crippen molar-refractivity contribution in [3.63, 3.8) is 0 Å².